The molecule has 6 nitrogen and oxygen atoms in total. The van der Waals surface area contributed by atoms with Gasteiger partial charge in [-0.05, 0) is 19.1 Å². The number of benzene rings is 1. The van der Waals surface area contributed by atoms with E-state index in [1.807, 2.05) is 30.3 Å². The summed E-state index contributed by atoms with van der Waals surface area (Å²) in [4.78, 5) is 17.3. The number of rotatable bonds is 5. The third kappa shape index (κ3) is 4.73. The van der Waals surface area contributed by atoms with E-state index < -0.39 is 6.10 Å². The molecule has 21 heavy (non-hydrogen) atoms. The van der Waals surface area contributed by atoms with E-state index in [2.05, 4.69) is 10.3 Å². The maximum absolute atomic E-state index is 11.8. The quantitative estimate of drug-likeness (QED) is 0.890. The number of aliphatic hydroxyl groups is 1. The summed E-state index contributed by atoms with van der Waals surface area (Å²) in [6.07, 6.45) is 0.983. The maximum atomic E-state index is 11.8. The summed E-state index contributed by atoms with van der Waals surface area (Å²) in [5.41, 5.74) is 0. The van der Waals surface area contributed by atoms with Crippen LogP contribution in [0.5, 0.6) is 10.8 Å². The smallest absolute Gasteiger partial charge is 0.323 e. The molecule has 7 heteroatoms. The van der Waals surface area contributed by atoms with E-state index in [4.69, 9.17) is 4.74 Å². The fourth-order valence-corrected chi connectivity index (χ4v) is 2.31. The van der Waals surface area contributed by atoms with Gasteiger partial charge in [-0.15, -0.1) is 0 Å². The molecule has 0 aliphatic heterocycles. The molecule has 0 saturated heterocycles. The molecule has 0 spiro atoms. The van der Waals surface area contributed by atoms with Crippen LogP contribution in [0.3, 0.4) is 0 Å². The molecule has 0 radical (unpaired) electrons. The van der Waals surface area contributed by atoms with Gasteiger partial charge in [0.05, 0.1) is 12.3 Å². The second-order valence-electron chi connectivity index (χ2n) is 4.56. The highest BCUT2D eigenvalue weighted by molar-refractivity contribution is 7.17. The van der Waals surface area contributed by atoms with Crippen LogP contribution in [-0.2, 0) is 0 Å². The number of para-hydroxylation sites is 1. The average Bonchev–Trinajstić information content (AvgIpc) is 2.86. The number of likely N-dealkylation sites (N-methyl/N-ethyl adjacent to an activating group) is 1. The zero-order valence-corrected chi connectivity index (χ0v) is 12.6. The Morgan fingerprint density at radius 3 is 2.86 bits per heavy atom. The number of carbonyl (C=O) groups is 1. The number of amides is 2. The van der Waals surface area contributed by atoms with Crippen molar-refractivity contribution < 1.29 is 14.6 Å². The minimum absolute atomic E-state index is 0.255. The molecular weight excluding hydrogens is 290 g/mol. The van der Waals surface area contributed by atoms with Crippen molar-refractivity contribution in [2.45, 2.75) is 13.0 Å². The molecule has 0 saturated carbocycles. The summed E-state index contributed by atoms with van der Waals surface area (Å²) in [7, 11) is 1.61. The Balaban J connectivity index is 1.92. The van der Waals surface area contributed by atoms with Crippen molar-refractivity contribution in [2.75, 3.05) is 18.9 Å². The van der Waals surface area contributed by atoms with Crippen LogP contribution in [0, 0.1) is 0 Å². The normalized spacial score (nSPS) is 11.8. The summed E-state index contributed by atoms with van der Waals surface area (Å²) in [5, 5.41) is 12.9. The highest BCUT2D eigenvalue weighted by Gasteiger charge is 2.13. The number of hydrogen-bond acceptors (Lipinski definition) is 5. The zero-order chi connectivity index (χ0) is 15.2. The third-order valence-electron chi connectivity index (χ3n) is 2.54. The van der Waals surface area contributed by atoms with Gasteiger partial charge in [0.1, 0.15) is 5.75 Å². The van der Waals surface area contributed by atoms with Crippen LogP contribution in [0.15, 0.2) is 36.5 Å². The summed E-state index contributed by atoms with van der Waals surface area (Å²) in [5.74, 6) is 0.713. The first-order valence-corrected chi connectivity index (χ1v) is 7.25. The van der Waals surface area contributed by atoms with Crippen molar-refractivity contribution in [1.29, 1.82) is 0 Å². The first kappa shape index (κ1) is 15.3. The molecule has 1 aromatic heterocycles. The first-order chi connectivity index (χ1) is 10.0. The summed E-state index contributed by atoms with van der Waals surface area (Å²) in [6.45, 7) is 1.88. The maximum Gasteiger partial charge on any atom is 0.323 e. The van der Waals surface area contributed by atoms with Crippen molar-refractivity contribution in [3.8, 4) is 10.8 Å². The third-order valence-corrected chi connectivity index (χ3v) is 3.34. The Hall–Kier alpha value is -2.12. The largest absolute Gasteiger partial charge is 0.445 e. The molecule has 2 N–H and O–H groups in total. The molecule has 112 valence electrons. The van der Waals surface area contributed by atoms with E-state index in [1.54, 1.807) is 20.2 Å². The number of thiazole rings is 1. The molecule has 1 atom stereocenters. The number of ether oxygens (including phenoxy) is 1. The van der Waals surface area contributed by atoms with E-state index in [0.717, 1.165) is 0 Å². The number of urea groups is 1. The molecule has 2 rings (SSSR count). The van der Waals surface area contributed by atoms with Crippen LogP contribution in [0.2, 0.25) is 0 Å². The number of nitrogens with zero attached hydrogens (tertiary/aromatic N) is 2. The Labute approximate surface area is 127 Å². The van der Waals surface area contributed by atoms with Crippen molar-refractivity contribution in [1.82, 2.24) is 9.88 Å². The van der Waals surface area contributed by atoms with E-state index in [-0.39, 0.29) is 12.6 Å². The number of hydrogen-bond donors (Lipinski definition) is 2. The highest BCUT2D eigenvalue weighted by atomic mass is 32.1. The molecule has 0 unspecified atom stereocenters. The molecule has 1 aromatic carbocycles. The highest BCUT2D eigenvalue weighted by Crippen LogP contribution is 2.30. The van der Waals surface area contributed by atoms with Crippen LogP contribution in [0.25, 0.3) is 0 Å². The monoisotopic (exact) mass is 307 g/mol. The lowest BCUT2D eigenvalue weighted by atomic mass is 10.3. The second kappa shape index (κ2) is 7.05. The van der Waals surface area contributed by atoms with E-state index in [9.17, 15) is 9.90 Å². The van der Waals surface area contributed by atoms with Crippen LogP contribution < -0.4 is 10.1 Å². The van der Waals surface area contributed by atoms with Gasteiger partial charge in [0.15, 0.2) is 5.13 Å². The van der Waals surface area contributed by atoms with Gasteiger partial charge < -0.3 is 14.7 Å². The summed E-state index contributed by atoms with van der Waals surface area (Å²) < 4.78 is 5.62. The van der Waals surface area contributed by atoms with Crippen molar-refractivity contribution in [2.24, 2.45) is 0 Å². The Bertz CT molecular complexity index is 586. The number of nitrogens with one attached hydrogen (secondary N) is 1. The van der Waals surface area contributed by atoms with Gasteiger partial charge in [-0.1, -0.05) is 29.5 Å². The predicted molar refractivity (Wildman–Crippen MR) is 82.0 cm³/mol. The van der Waals surface area contributed by atoms with Gasteiger partial charge in [0.25, 0.3) is 0 Å². The molecule has 2 amide bonds. The molecule has 0 aliphatic rings. The van der Waals surface area contributed by atoms with Gasteiger partial charge in [-0.25, -0.2) is 9.78 Å². The molecule has 0 fully saturated rings. The van der Waals surface area contributed by atoms with E-state index >= 15 is 0 Å². The number of carbonyl (C=O) groups excluding carboxylic acids is 1. The zero-order valence-electron chi connectivity index (χ0n) is 11.8. The van der Waals surface area contributed by atoms with Gasteiger partial charge >= 0.3 is 6.03 Å². The van der Waals surface area contributed by atoms with Crippen LogP contribution in [-0.4, -0.2) is 40.7 Å². The Kier molecular flexibility index (Phi) is 5.13. The van der Waals surface area contributed by atoms with E-state index in [0.29, 0.717) is 15.9 Å². The number of aromatic nitrogens is 1. The van der Waals surface area contributed by atoms with Gasteiger partial charge in [0, 0.05) is 13.6 Å². The van der Waals surface area contributed by atoms with Gasteiger partial charge in [-0.3, -0.25) is 5.32 Å². The first-order valence-electron chi connectivity index (χ1n) is 6.43. The molecular formula is C14H17N3O3S. The van der Waals surface area contributed by atoms with Crippen LogP contribution in [0.1, 0.15) is 6.92 Å². The predicted octanol–water partition coefficient (Wildman–Crippen LogP) is 2.78. The van der Waals surface area contributed by atoms with E-state index in [1.165, 1.54) is 16.2 Å². The lowest BCUT2D eigenvalue weighted by Crippen LogP contribution is -2.36. The van der Waals surface area contributed by atoms with Crippen LogP contribution >= 0.6 is 11.3 Å². The summed E-state index contributed by atoms with van der Waals surface area (Å²) in [6, 6.07) is 9.02. The Morgan fingerprint density at radius 2 is 2.19 bits per heavy atom. The Morgan fingerprint density at radius 1 is 1.48 bits per heavy atom. The number of aliphatic hydroxyl groups excluding tert-OH is 1. The van der Waals surface area contributed by atoms with Gasteiger partial charge in [-0.2, -0.15) is 0 Å². The van der Waals surface area contributed by atoms with Crippen molar-refractivity contribution in [3.63, 3.8) is 0 Å². The standard InChI is InChI=1S/C14H17N3O3S/c1-10(18)9-17(2)14(19)16-13-15-8-12(21-13)20-11-6-4-3-5-7-11/h3-8,10,18H,9H2,1-2H3,(H,15,16,19)/t10-/m0/s1. The lowest BCUT2D eigenvalue weighted by Gasteiger charge is -2.18. The SMILES string of the molecule is C[C@H](O)CN(C)C(=O)Nc1ncc(Oc2ccccc2)s1. The number of anilines is 1. The second-order valence-corrected chi connectivity index (χ2v) is 5.55. The fraction of sp³-hybridized carbons (Fsp3) is 0.286. The molecule has 0 bridgehead atoms. The van der Waals surface area contributed by atoms with Gasteiger partial charge in [0.2, 0.25) is 5.06 Å². The topological polar surface area (TPSA) is 74.7 Å². The van der Waals surface area contributed by atoms with Crippen LogP contribution in [0.4, 0.5) is 9.93 Å². The molecule has 2 aromatic rings. The fourth-order valence-electron chi connectivity index (χ4n) is 1.64. The average molecular weight is 307 g/mol. The lowest BCUT2D eigenvalue weighted by molar-refractivity contribution is 0.149. The minimum atomic E-state index is -0.575. The molecule has 0 aliphatic carbocycles. The van der Waals surface area contributed by atoms with Crippen molar-refractivity contribution in [3.05, 3.63) is 36.5 Å². The summed E-state index contributed by atoms with van der Waals surface area (Å²) >= 11 is 1.24. The molecule has 1 heterocycles. The van der Waals surface area contributed by atoms with Crippen molar-refractivity contribution >= 4 is 22.5 Å². The minimum Gasteiger partial charge on any atom is -0.445 e.